The Kier molecular flexibility index (Phi) is 2.13. The van der Waals surface area contributed by atoms with Crippen molar-refractivity contribution in [2.45, 2.75) is 39.2 Å². The Morgan fingerprint density at radius 2 is 2.31 bits per heavy atom. The van der Waals surface area contributed by atoms with Gasteiger partial charge in [-0.1, -0.05) is 0 Å². The SMILES string of the molecule is Cc1ccc(-c2cn3c(n2)CCC[C@H]3C)o1. The average Bonchev–Trinajstić information content (AvgIpc) is 2.84. The predicted molar refractivity (Wildman–Crippen MR) is 62.3 cm³/mol. The summed E-state index contributed by atoms with van der Waals surface area (Å²) in [6.07, 6.45) is 5.70. The summed E-state index contributed by atoms with van der Waals surface area (Å²) in [5.74, 6) is 3.02. The highest BCUT2D eigenvalue weighted by molar-refractivity contribution is 5.51. The minimum atomic E-state index is 0.570. The van der Waals surface area contributed by atoms with E-state index in [2.05, 4.69) is 22.7 Å². The Bertz CT molecular complexity index is 510. The van der Waals surface area contributed by atoms with E-state index in [1.807, 2.05) is 19.1 Å². The second-order valence-electron chi connectivity index (χ2n) is 4.60. The molecule has 84 valence electrons. The van der Waals surface area contributed by atoms with Crippen LogP contribution in [0.25, 0.3) is 11.5 Å². The molecule has 2 aromatic rings. The molecule has 3 heteroatoms. The molecule has 0 radical (unpaired) electrons. The van der Waals surface area contributed by atoms with Crippen LogP contribution in [0.1, 0.15) is 37.4 Å². The van der Waals surface area contributed by atoms with Crippen LogP contribution < -0.4 is 0 Å². The lowest BCUT2D eigenvalue weighted by molar-refractivity contribution is 0.426. The van der Waals surface area contributed by atoms with Crippen molar-refractivity contribution in [3.8, 4) is 11.5 Å². The van der Waals surface area contributed by atoms with E-state index >= 15 is 0 Å². The molecule has 0 saturated carbocycles. The maximum absolute atomic E-state index is 5.61. The first-order valence-electron chi connectivity index (χ1n) is 5.88. The summed E-state index contributed by atoms with van der Waals surface area (Å²) in [6.45, 7) is 4.21. The van der Waals surface area contributed by atoms with Gasteiger partial charge in [0.2, 0.25) is 0 Å². The molecule has 16 heavy (non-hydrogen) atoms. The maximum Gasteiger partial charge on any atom is 0.154 e. The first-order chi connectivity index (χ1) is 7.74. The van der Waals surface area contributed by atoms with Crippen molar-refractivity contribution in [1.82, 2.24) is 9.55 Å². The van der Waals surface area contributed by atoms with Crippen LogP contribution >= 0.6 is 0 Å². The molecule has 0 aliphatic carbocycles. The number of hydrogen-bond acceptors (Lipinski definition) is 2. The minimum Gasteiger partial charge on any atom is -0.460 e. The zero-order valence-corrected chi connectivity index (χ0v) is 9.73. The van der Waals surface area contributed by atoms with Gasteiger partial charge >= 0.3 is 0 Å². The highest BCUT2D eigenvalue weighted by Gasteiger charge is 2.19. The van der Waals surface area contributed by atoms with Crippen LogP contribution in [0.2, 0.25) is 0 Å². The lowest BCUT2D eigenvalue weighted by Crippen LogP contribution is -2.14. The number of aryl methyl sites for hydroxylation is 2. The molecule has 0 saturated heterocycles. The monoisotopic (exact) mass is 216 g/mol. The number of aromatic nitrogens is 2. The number of fused-ring (bicyclic) bond motifs is 1. The van der Waals surface area contributed by atoms with Gasteiger partial charge in [0.25, 0.3) is 0 Å². The summed E-state index contributed by atoms with van der Waals surface area (Å²) in [5, 5.41) is 0. The molecule has 0 N–H and O–H groups in total. The van der Waals surface area contributed by atoms with Gasteiger partial charge in [-0.3, -0.25) is 0 Å². The van der Waals surface area contributed by atoms with Gasteiger partial charge in [0.1, 0.15) is 17.3 Å². The van der Waals surface area contributed by atoms with Gasteiger partial charge in [-0.2, -0.15) is 0 Å². The Balaban J connectivity index is 2.04. The Morgan fingerprint density at radius 3 is 3.00 bits per heavy atom. The fraction of sp³-hybridized carbons (Fsp3) is 0.462. The van der Waals surface area contributed by atoms with Crippen molar-refractivity contribution < 1.29 is 4.42 Å². The second kappa shape index (κ2) is 3.51. The van der Waals surface area contributed by atoms with Crippen LogP contribution in [0.15, 0.2) is 22.7 Å². The lowest BCUT2D eigenvalue weighted by atomic mass is 10.1. The van der Waals surface area contributed by atoms with Crippen LogP contribution in [-0.4, -0.2) is 9.55 Å². The van der Waals surface area contributed by atoms with Crippen molar-refractivity contribution in [1.29, 1.82) is 0 Å². The van der Waals surface area contributed by atoms with E-state index in [4.69, 9.17) is 4.42 Å². The largest absolute Gasteiger partial charge is 0.460 e. The molecule has 3 nitrogen and oxygen atoms in total. The molecule has 0 spiro atoms. The topological polar surface area (TPSA) is 31.0 Å². The zero-order chi connectivity index (χ0) is 11.1. The molecule has 0 bridgehead atoms. The van der Waals surface area contributed by atoms with E-state index in [1.165, 1.54) is 18.7 Å². The van der Waals surface area contributed by atoms with Crippen molar-refractivity contribution in [2.24, 2.45) is 0 Å². The number of nitrogens with zero attached hydrogens (tertiary/aromatic N) is 2. The third-order valence-electron chi connectivity index (χ3n) is 3.30. The standard InChI is InChI=1S/C13H16N2O/c1-9-4-3-5-13-14-11(8-15(9)13)12-7-6-10(2)16-12/h6-9H,3-5H2,1-2H3/t9-/m1/s1. The van der Waals surface area contributed by atoms with Crippen molar-refractivity contribution in [3.63, 3.8) is 0 Å². The summed E-state index contributed by atoms with van der Waals surface area (Å²) in [4.78, 5) is 4.65. The molecule has 1 aliphatic heterocycles. The number of hydrogen-bond donors (Lipinski definition) is 0. The van der Waals surface area contributed by atoms with Gasteiger partial charge in [0.05, 0.1) is 0 Å². The molecule has 0 aromatic carbocycles. The smallest absolute Gasteiger partial charge is 0.154 e. The normalized spacial score (nSPS) is 19.8. The molecule has 3 heterocycles. The second-order valence-corrected chi connectivity index (χ2v) is 4.60. The van der Waals surface area contributed by atoms with Gasteiger partial charge in [0.15, 0.2) is 5.76 Å². The Morgan fingerprint density at radius 1 is 1.44 bits per heavy atom. The van der Waals surface area contributed by atoms with Crippen LogP contribution in [0.4, 0.5) is 0 Å². The molecule has 0 amide bonds. The average molecular weight is 216 g/mol. The predicted octanol–water partition coefficient (Wildman–Crippen LogP) is 3.35. The van der Waals surface area contributed by atoms with E-state index in [1.54, 1.807) is 0 Å². The van der Waals surface area contributed by atoms with E-state index in [-0.39, 0.29) is 0 Å². The summed E-state index contributed by atoms with van der Waals surface area (Å²) in [7, 11) is 0. The van der Waals surface area contributed by atoms with Crippen LogP contribution in [0.5, 0.6) is 0 Å². The van der Waals surface area contributed by atoms with Crippen molar-refractivity contribution >= 4 is 0 Å². The highest BCUT2D eigenvalue weighted by Crippen LogP contribution is 2.28. The number of rotatable bonds is 1. The van der Waals surface area contributed by atoms with E-state index in [0.29, 0.717) is 6.04 Å². The first kappa shape index (κ1) is 9.70. The number of furan rings is 1. The molecule has 1 atom stereocenters. The molecule has 0 fully saturated rings. The molecular weight excluding hydrogens is 200 g/mol. The summed E-state index contributed by atoms with van der Waals surface area (Å²) in [6, 6.07) is 4.55. The van der Waals surface area contributed by atoms with E-state index in [0.717, 1.165) is 23.6 Å². The van der Waals surface area contributed by atoms with Gasteiger partial charge in [0, 0.05) is 18.7 Å². The molecular formula is C13H16N2O. The Hall–Kier alpha value is -1.51. The summed E-state index contributed by atoms with van der Waals surface area (Å²) >= 11 is 0. The molecule has 1 aliphatic rings. The van der Waals surface area contributed by atoms with Gasteiger partial charge in [-0.15, -0.1) is 0 Å². The first-order valence-corrected chi connectivity index (χ1v) is 5.88. The highest BCUT2D eigenvalue weighted by atomic mass is 16.3. The van der Waals surface area contributed by atoms with Gasteiger partial charge in [-0.25, -0.2) is 4.98 Å². The Labute approximate surface area is 95.1 Å². The zero-order valence-electron chi connectivity index (χ0n) is 9.73. The fourth-order valence-corrected chi connectivity index (χ4v) is 2.38. The fourth-order valence-electron chi connectivity index (χ4n) is 2.38. The molecule has 0 unspecified atom stereocenters. The third kappa shape index (κ3) is 1.47. The van der Waals surface area contributed by atoms with Gasteiger partial charge in [-0.05, 0) is 38.8 Å². The summed E-state index contributed by atoms with van der Waals surface area (Å²) < 4.78 is 7.90. The van der Waals surface area contributed by atoms with Gasteiger partial charge < -0.3 is 8.98 Å². The van der Waals surface area contributed by atoms with E-state index in [9.17, 15) is 0 Å². The lowest BCUT2D eigenvalue weighted by Gasteiger charge is -2.20. The van der Waals surface area contributed by atoms with Crippen molar-refractivity contribution in [2.75, 3.05) is 0 Å². The van der Waals surface area contributed by atoms with Crippen molar-refractivity contribution in [3.05, 3.63) is 29.9 Å². The quantitative estimate of drug-likeness (QED) is 0.732. The summed E-state index contributed by atoms with van der Waals surface area (Å²) in [5.41, 5.74) is 0.969. The molecule has 3 rings (SSSR count). The van der Waals surface area contributed by atoms with Crippen LogP contribution in [0, 0.1) is 6.92 Å². The van der Waals surface area contributed by atoms with E-state index < -0.39 is 0 Å². The minimum absolute atomic E-state index is 0.570. The maximum atomic E-state index is 5.61. The third-order valence-corrected chi connectivity index (χ3v) is 3.30. The van der Waals surface area contributed by atoms with Crippen LogP contribution in [-0.2, 0) is 6.42 Å². The van der Waals surface area contributed by atoms with Crippen LogP contribution in [0.3, 0.4) is 0 Å². The molecule has 2 aromatic heterocycles. The number of imidazole rings is 1.